The van der Waals surface area contributed by atoms with Gasteiger partial charge in [-0.2, -0.15) is 0 Å². The number of aromatic nitrogens is 2. The summed E-state index contributed by atoms with van der Waals surface area (Å²) in [5, 5.41) is 0. The number of hydrogen-bond donors (Lipinski definition) is 0. The molecule has 0 saturated carbocycles. The zero-order valence-corrected chi connectivity index (χ0v) is 5.04. The Labute approximate surface area is 47.4 Å². The normalized spacial score (nSPS) is 8.67. The van der Waals surface area contributed by atoms with Gasteiger partial charge in [0.1, 0.15) is 0 Å². The molecular weight excluding hydrogens is 160 g/mol. The van der Waals surface area contributed by atoms with Crippen LogP contribution in [-0.2, 0) is 20.1 Å². The summed E-state index contributed by atoms with van der Waals surface area (Å²) in [5.41, 5.74) is 0. The van der Waals surface area contributed by atoms with Crippen molar-refractivity contribution < 1.29 is 20.1 Å². The van der Waals surface area contributed by atoms with Gasteiger partial charge in [-0.25, -0.2) is 0 Å². The molecular formula is C3H3MoN2. The number of rotatable bonds is 0. The fourth-order valence-electron chi connectivity index (χ4n) is 0.247. The number of nitrogens with zero attached hydrogens (tertiary/aromatic N) is 2. The first-order valence-corrected chi connectivity index (χ1v) is 2.45. The Morgan fingerprint density at radius 1 is 1.67 bits per heavy atom. The van der Waals surface area contributed by atoms with Gasteiger partial charge >= 0.3 is 46.9 Å². The van der Waals surface area contributed by atoms with E-state index in [0.717, 1.165) is 0 Å². The third-order valence-electron chi connectivity index (χ3n) is 0.480. The molecule has 1 aromatic rings. The minimum absolute atomic E-state index is 1.75. The maximum atomic E-state index is 3.79. The van der Waals surface area contributed by atoms with E-state index in [1.807, 2.05) is 29.4 Å². The van der Waals surface area contributed by atoms with E-state index < -0.39 is 0 Å². The monoisotopic (exact) mass is 165 g/mol. The van der Waals surface area contributed by atoms with Crippen LogP contribution in [0.15, 0.2) is 18.7 Å². The Hall–Kier alpha value is -0.102. The van der Waals surface area contributed by atoms with Crippen LogP contribution in [0.1, 0.15) is 0 Å². The molecule has 0 unspecified atom stereocenters. The fraction of sp³-hybridized carbons (Fsp3) is 0. The Balaban J connectivity index is 3.05. The number of imidazole rings is 1. The van der Waals surface area contributed by atoms with E-state index in [0.29, 0.717) is 0 Å². The van der Waals surface area contributed by atoms with Gasteiger partial charge in [-0.3, -0.25) is 0 Å². The van der Waals surface area contributed by atoms with E-state index >= 15 is 0 Å². The molecule has 0 saturated heterocycles. The molecule has 0 fully saturated rings. The molecule has 0 aromatic carbocycles. The molecule has 0 aliphatic carbocycles. The molecule has 0 bridgehead atoms. The van der Waals surface area contributed by atoms with E-state index in [-0.39, 0.29) is 0 Å². The molecule has 0 spiro atoms. The average molecular weight is 163 g/mol. The minimum atomic E-state index is 1.75. The first-order chi connectivity index (χ1) is 2.89. The van der Waals surface area contributed by atoms with Crippen molar-refractivity contribution in [2.75, 3.05) is 0 Å². The van der Waals surface area contributed by atoms with Crippen molar-refractivity contribution >= 4 is 0 Å². The topological polar surface area (TPSA) is 17.8 Å². The van der Waals surface area contributed by atoms with Crippen LogP contribution in [-0.4, -0.2) is 8.11 Å². The predicted molar refractivity (Wildman–Crippen MR) is 17.6 cm³/mol. The molecule has 3 heteroatoms. The average Bonchev–Trinajstić information content (AvgIpc) is 1.86. The fourth-order valence-corrected chi connectivity index (χ4v) is 0.514. The van der Waals surface area contributed by atoms with Crippen molar-refractivity contribution in [1.29, 1.82) is 0 Å². The van der Waals surface area contributed by atoms with Crippen LogP contribution in [0.2, 0.25) is 0 Å². The van der Waals surface area contributed by atoms with E-state index in [1.165, 1.54) is 0 Å². The second kappa shape index (κ2) is 1.56. The van der Waals surface area contributed by atoms with E-state index in [4.69, 9.17) is 0 Å². The molecule has 6 heavy (non-hydrogen) atoms. The van der Waals surface area contributed by atoms with Gasteiger partial charge in [-0.15, -0.1) is 0 Å². The van der Waals surface area contributed by atoms with Crippen LogP contribution in [0, 0.1) is 0 Å². The van der Waals surface area contributed by atoms with E-state index in [2.05, 4.69) is 4.98 Å². The summed E-state index contributed by atoms with van der Waals surface area (Å²) in [6, 6.07) is 0. The van der Waals surface area contributed by atoms with Gasteiger partial charge in [-0.1, -0.05) is 0 Å². The van der Waals surface area contributed by atoms with Crippen LogP contribution < -0.4 is 0 Å². The van der Waals surface area contributed by atoms with Crippen LogP contribution in [0.3, 0.4) is 0 Å². The summed E-state index contributed by atoms with van der Waals surface area (Å²) < 4.78 is 1.90. The molecule has 2 nitrogen and oxygen atoms in total. The van der Waals surface area contributed by atoms with Crippen molar-refractivity contribution in [1.82, 2.24) is 8.11 Å². The zero-order valence-electron chi connectivity index (χ0n) is 3.03. The van der Waals surface area contributed by atoms with Crippen molar-refractivity contribution in [3.05, 3.63) is 18.7 Å². The third kappa shape index (κ3) is 0.688. The molecule has 1 rings (SSSR count). The molecule has 31 valence electrons. The maximum absolute atomic E-state index is 3.79. The Bertz CT molecular complexity index is 112. The summed E-state index contributed by atoms with van der Waals surface area (Å²) in [6.45, 7) is 0. The van der Waals surface area contributed by atoms with Gasteiger partial charge in [0, 0.05) is 0 Å². The van der Waals surface area contributed by atoms with Crippen LogP contribution in [0.4, 0.5) is 0 Å². The van der Waals surface area contributed by atoms with Gasteiger partial charge in [0.05, 0.1) is 0 Å². The Morgan fingerprint density at radius 3 is 2.67 bits per heavy atom. The van der Waals surface area contributed by atoms with E-state index in [9.17, 15) is 0 Å². The van der Waals surface area contributed by atoms with Gasteiger partial charge < -0.3 is 0 Å². The van der Waals surface area contributed by atoms with Crippen molar-refractivity contribution in [3.63, 3.8) is 0 Å². The summed E-state index contributed by atoms with van der Waals surface area (Å²) >= 11 is 1.87. The zero-order chi connectivity index (χ0) is 4.41. The van der Waals surface area contributed by atoms with Gasteiger partial charge in [-0.05, 0) is 0 Å². The van der Waals surface area contributed by atoms with Crippen molar-refractivity contribution in [3.8, 4) is 0 Å². The first-order valence-electron chi connectivity index (χ1n) is 1.55. The summed E-state index contributed by atoms with van der Waals surface area (Å²) in [4.78, 5) is 3.79. The van der Waals surface area contributed by atoms with Gasteiger partial charge in [0.2, 0.25) is 0 Å². The first kappa shape index (κ1) is 4.07. The summed E-state index contributed by atoms with van der Waals surface area (Å²) in [5.74, 6) is 0. The van der Waals surface area contributed by atoms with Crippen LogP contribution in [0.5, 0.6) is 0 Å². The second-order valence-electron chi connectivity index (χ2n) is 0.923. The Kier molecular flexibility index (Phi) is 1.06. The van der Waals surface area contributed by atoms with E-state index in [1.54, 1.807) is 12.5 Å². The number of hydrogen-bond acceptors (Lipinski definition) is 1. The molecule has 0 aliphatic heterocycles. The SMILES string of the molecule is [Mo][n]1ccnc1. The third-order valence-corrected chi connectivity index (χ3v) is 1.01. The molecule has 0 radical (unpaired) electrons. The molecule has 0 N–H and O–H groups in total. The standard InChI is InChI=1S/C3H3N2.Mo/c1-2-5-3-4-1;/h1-3H;/q-1;+1. The second-order valence-corrected chi connectivity index (χ2v) is 1.96. The molecule has 0 aliphatic rings. The van der Waals surface area contributed by atoms with Gasteiger partial charge in [0.25, 0.3) is 0 Å². The summed E-state index contributed by atoms with van der Waals surface area (Å²) in [6.07, 6.45) is 5.40. The molecule has 0 atom stereocenters. The van der Waals surface area contributed by atoms with Crippen molar-refractivity contribution in [2.24, 2.45) is 0 Å². The quantitative estimate of drug-likeness (QED) is 0.499. The van der Waals surface area contributed by atoms with Crippen molar-refractivity contribution in [2.45, 2.75) is 0 Å². The predicted octanol–water partition coefficient (Wildman–Crippen LogP) is 0.193. The molecule has 1 heterocycles. The molecule has 1 aromatic heterocycles. The summed E-state index contributed by atoms with van der Waals surface area (Å²) in [7, 11) is 0. The Morgan fingerprint density at radius 2 is 2.50 bits per heavy atom. The van der Waals surface area contributed by atoms with Crippen LogP contribution in [0.25, 0.3) is 0 Å². The van der Waals surface area contributed by atoms with Crippen LogP contribution >= 0.6 is 0 Å². The molecule has 0 amide bonds. The van der Waals surface area contributed by atoms with Gasteiger partial charge in [0.15, 0.2) is 0 Å².